The van der Waals surface area contributed by atoms with Gasteiger partial charge in [-0.3, -0.25) is 9.59 Å². The summed E-state index contributed by atoms with van der Waals surface area (Å²) < 4.78 is 13.0. The van der Waals surface area contributed by atoms with Crippen LogP contribution in [0.1, 0.15) is 25.0 Å². The van der Waals surface area contributed by atoms with Crippen molar-refractivity contribution in [1.29, 1.82) is 0 Å². The first-order chi connectivity index (χ1) is 13.8. The predicted octanol–water partition coefficient (Wildman–Crippen LogP) is 4.92. The Labute approximate surface area is 184 Å². The molecule has 0 spiro atoms. The van der Waals surface area contributed by atoms with E-state index in [1.165, 1.54) is 28.8 Å². The van der Waals surface area contributed by atoms with Crippen LogP contribution in [0.4, 0.5) is 4.39 Å². The molecule has 2 aromatic carbocycles. The SMILES string of the molecule is CCNC(=O)[C@@H](C)N(Cc1ccc(Cl)c(Cl)c1)C(=O)CSCc1ccc(F)cc1. The van der Waals surface area contributed by atoms with Crippen LogP contribution in [0, 0.1) is 5.82 Å². The predicted molar refractivity (Wildman–Crippen MR) is 118 cm³/mol. The van der Waals surface area contributed by atoms with Crippen LogP contribution in [0.15, 0.2) is 42.5 Å². The standard InChI is InChI=1S/C21H23Cl2FN2O2S/c1-3-25-21(28)14(2)26(11-16-6-9-18(22)19(23)10-16)20(27)13-29-12-15-4-7-17(24)8-5-15/h4-10,14H,3,11-13H2,1-2H3,(H,25,28)/t14-/m1/s1. The van der Waals surface area contributed by atoms with Gasteiger partial charge in [0.25, 0.3) is 0 Å². The number of rotatable bonds is 9. The van der Waals surface area contributed by atoms with Gasteiger partial charge in [-0.1, -0.05) is 41.4 Å². The maximum atomic E-state index is 13.0. The molecule has 1 N–H and O–H groups in total. The third-order valence-corrected chi connectivity index (χ3v) is 5.99. The summed E-state index contributed by atoms with van der Waals surface area (Å²) in [7, 11) is 0. The topological polar surface area (TPSA) is 49.4 Å². The summed E-state index contributed by atoms with van der Waals surface area (Å²) in [6.45, 7) is 4.25. The first-order valence-corrected chi connectivity index (χ1v) is 11.1. The van der Waals surface area contributed by atoms with Gasteiger partial charge in [0, 0.05) is 18.8 Å². The molecule has 0 saturated carbocycles. The van der Waals surface area contributed by atoms with Crippen molar-refractivity contribution < 1.29 is 14.0 Å². The lowest BCUT2D eigenvalue weighted by molar-refractivity contribution is -0.138. The fraction of sp³-hybridized carbons (Fsp3) is 0.333. The van der Waals surface area contributed by atoms with Gasteiger partial charge in [-0.25, -0.2) is 4.39 Å². The smallest absolute Gasteiger partial charge is 0.242 e. The molecule has 0 saturated heterocycles. The molecule has 0 heterocycles. The summed E-state index contributed by atoms with van der Waals surface area (Å²) in [6.07, 6.45) is 0. The normalized spacial score (nSPS) is 11.8. The summed E-state index contributed by atoms with van der Waals surface area (Å²) >= 11 is 13.5. The molecular formula is C21H23Cl2FN2O2S. The van der Waals surface area contributed by atoms with Crippen LogP contribution in [-0.2, 0) is 21.9 Å². The Kier molecular flexibility index (Phi) is 9.27. The molecule has 0 fully saturated rings. The minimum atomic E-state index is -0.636. The Hall–Kier alpha value is -1.76. The van der Waals surface area contributed by atoms with Crippen LogP contribution in [-0.4, -0.2) is 35.1 Å². The van der Waals surface area contributed by atoms with Crippen LogP contribution in [0.2, 0.25) is 10.0 Å². The molecule has 0 aromatic heterocycles. The first-order valence-electron chi connectivity index (χ1n) is 9.15. The number of halogens is 3. The molecule has 2 aromatic rings. The summed E-state index contributed by atoms with van der Waals surface area (Å²) in [5.74, 6) is 0.0923. The number of nitrogens with zero attached hydrogens (tertiary/aromatic N) is 1. The van der Waals surface area contributed by atoms with Crippen LogP contribution in [0.25, 0.3) is 0 Å². The third kappa shape index (κ3) is 7.21. The summed E-state index contributed by atoms with van der Waals surface area (Å²) in [5, 5.41) is 3.58. The second kappa shape index (κ2) is 11.4. The van der Waals surface area contributed by atoms with E-state index in [9.17, 15) is 14.0 Å². The Morgan fingerprint density at radius 2 is 1.76 bits per heavy atom. The highest BCUT2D eigenvalue weighted by molar-refractivity contribution is 7.99. The number of nitrogens with one attached hydrogen (secondary N) is 1. The van der Waals surface area contributed by atoms with Crippen molar-refractivity contribution in [3.05, 3.63) is 69.5 Å². The number of amides is 2. The molecule has 0 radical (unpaired) electrons. The minimum Gasteiger partial charge on any atom is -0.355 e. The minimum absolute atomic E-state index is 0.165. The summed E-state index contributed by atoms with van der Waals surface area (Å²) in [4.78, 5) is 26.8. The molecule has 156 valence electrons. The molecule has 4 nitrogen and oxygen atoms in total. The Balaban J connectivity index is 2.07. The fourth-order valence-electron chi connectivity index (χ4n) is 2.66. The van der Waals surface area contributed by atoms with Crippen LogP contribution >= 0.6 is 35.0 Å². The van der Waals surface area contributed by atoms with Crippen molar-refractivity contribution in [1.82, 2.24) is 10.2 Å². The molecule has 0 aliphatic rings. The average Bonchev–Trinajstić information content (AvgIpc) is 2.69. The van der Waals surface area contributed by atoms with Crippen molar-refractivity contribution >= 4 is 46.8 Å². The zero-order valence-electron chi connectivity index (χ0n) is 16.3. The van der Waals surface area contributed by atoms with E-state index >= 15 is 0 Å². The van der Waals surface area contributed by atoms with Crippen LogP contribution < -0.4 is 5.32 Å². The lowest BCUT2D eigenvalue weighted by atomic mass is 10.1. The number of likely N-dealkylation sites (N-methyl/N-ethyl adjacent to an activating group) is 1. The number of hydrogen-bond donors (Lipinski definition) is 1. The monoisotopic (exact) mass is 456 g/mol. The first kappa shape index (κ1) is 23.5. The van der Waals surface area contributed by atoms with Crippen LogP contribution in [0.5, 0.6) is 0 Å². The number of thioether (sulfide) groups is 1. The highest BCUT2D eigenvalue weighted by Gasteiger charge is 2.25. The van der Waals surface area contributed by atoms with E-state index in [0.717, 1.165) is 11.1 Å². The molecule has 1 atom stereocenters. The van der Waals surface area contributed by atoms with E-state index in [-0.39, 0.29) is 29.9 Å². The van der Waals surface area contributed by atoms with Gasteiger partial charge in [0.15, 0.2) is 0 Å². The number of benzene rings is 2. The zero-order valence-corrected chi connectivity index (χ0v) is 18.6. The summed E-state index contributed by atoms with van der Waals surface area (Å²) in [5.41, 5.74) is 1.71. The average molecular weight is 457 g/mol. The Morgan fingerprint density at radius 1 is 1.10 bits per heavy atom. The lowest BCUT2D eigenvalue weighted by Crippen LogP contribution is -2.48. The van der Waals surface area contributed by atoms with Crippen LogP contribution in [0.3, 0.4) is 0 Å². The quantitative estimate of drug-likeness (QED) is 0.582. The molecular weight excluding hydrogens is 434 g/mol. The van der Waals surface area contributed by atoms with Gasteiger partial charge in [0.1, 0.15) is 11.9 Å². The zero-order chi connectivity index (χ0) is 21.4. The largest absolute Gasteiger partial charge is 0.355 e. The molecule has 2 amide bonds. The maximum absolute atomic E-state index is 13.0. The van der Waals surface area contributed by atoms with Crippen molar-refractivity contribution in [3.63, 3.8) is 0 Å². The van der Waals surface area contributed by atoms with Gasteiger partial charge >= 0.3 is 0 Å². The van der Waals surface area contributed by atoms with E-state index in [1.807, 2.05) is 6.92 Å². The molecule has 0 unspecified atom stereocenters. The molecule has 0 bridgehead atoms. The van der Waals surface area contributed by atoms with E-state index in [0.29, 0.717) is 22.3 Å². The van der Waals surface area contributed by atoms with Gasteiger partial charge < -0.3 is 10.2 Å². The second-order valence-electron chi connectivity index (χ2n) is 6.46. The van der Waals surface area contributed by atoms with Gasteiger partial charge in [0.05, 0.1) is 15.8 Å². The lowest BCUT2D eigenvalue weighted by Gasteiger charge is -2.28. The Morgan fingerprint density at radius 3 is 2.38 bits per heavy atom. The molecule has 8 heteroatoms. The molecule has 0 aliphatic heterocycles. The van der Waals surface area contributed by atoms with Gasteiger partial charge in [-0.05, 0) is 49.2 Å². The molecule has 0 aliphatic carbocycles. The Bertz CT molecular complexity index is 849. The molecule has 2 rings (SSSR count). The number of hydrogen-bond acceptors (Lipinski definition) is 3. The maximum Gasteiger partial charge on any atom is 0.242 e. The van der Waals surface area contributed by atoms with Crippen molar-refractivity contribution in [2.75, 3.05) is 12.3 Å². The highest BCUT2D eigenvalue weighted by atomic mass is 35.5. The van der Waals surface area contributed by atoms with E-state index in [4.69, 9.17) is 23.2 Å². The summed E-state index contributed by atoms with van der Waals surface area (Å²) in [6, 6.07) is 10.7. The van der Waals surface area contributed by atoms with E-state index in [1.54, 1.807) is 37.3 Å². The van der Waals surface area contributed by atoms with E-state index < -0.39 is 6.04 Å². The van der Waals surface area contributed by atoms with Gasteiger partial charge in [-0.15, -0.1) is 11.8 Å². The number of carbonyl (C=O) groups is 2. The van der Waals surface area contributed by atoms with Gasteiger partial charge in [-0.2, -0.15) is 0 Å². The third-order valence-electron chi connectivity index (χ3n) is 4.26. The van der Waals surface area contributed by atoms with Crippen molar-refractivity contribution in [3.8, 4) is 0 Å². The van der Waals surface area contributed by atoms with Crippen molar-refractivity contribution in [2.24, 2.45) is 0 Å². The van der Waals surface area contributed by atoms with E-state index in [2.05, 4.69) is 5.32 Å². The van der Waals surface area contributed by atoms with Gasteiger partial charge in [0.2, 0.25) is 11.8 Å². The number of carbonyl (C=O) groups excluding carboxylic acids is 2. The highest BCUT2D eigenvalue weighted by Crippen LogP contribution is 2.24. The second-order valence-corrected chi connectivity index (χ2v) is 8.26. The molecule has 29 heavy (non-hydrogen) atoms. The van der Waals surface area contributed by atoms with Crippen molar-refractivity contribution in [2.45, 2.75) is 32.2 Å². The fourth-order valence-corrected chi connectivity index (χ4v) is 3.85.